The molecule has 0 spiro atoms. The van der Waals surface area contributed by atoms with Crippen LogP contribution < -0.4 is 26.6 Å². The lowest BCUT2D eigenvalue weighted by atomic mass is 10.1. The van der Waals surface area contributed by atoms with E-state index in [-0.39, 0.29) is 25.0 Å². The summed E-state index contributed by atoms with van der Waals surface area (Å²) < 4.78 is 13.3. The van der Waals surface area contributed by atoms with E-state index in [0.717, 1.165) is 28.7 Å². The molecule has 0 saturated carbocycles. The lowest BCUT2D eigenvalue weighted by Gasteiger charge is -2.26. The fourth-order valence-corrected chi connectivity index (χ4v) is 4.77. The van der Waals surface area contributed by atoms with Crippen LogP contribution in [0.25, 0.3) is 10.9 Å². The van der Waals surface area contributed by atoms with Gasteiger partial charge in [-0.3, -0.25) is 14.6 Å². The number of allylic oxidation sites excluding steroid dienone is 1. The molecule has 1 aliphatic heterocycles. The molecule has 2 aromatic carbocycles. The molecule has 2 amide bonds. The number of benzene rings is 2. The lowest BCUT2D eigenvalue weighted by molar-refractivity contribution is -0.125. The fourth-order valence-electron chi connectivity index (χ4n) is 4.77. The molecule has 5 N–H and O–H groups in total. The monoisotopic (exact) mass is 532 g/mol. The minimum atomic E-state index is -0.592. The summed E-state index contributed by atoms with van der Waals surface area (Å²) in [5.41, 5.74) is 9.78. The first-order valence-corrected chi connectivity index (χ1v) is 12.8. The van der Waals surface area contributed by atoms with Crippen molar-refractivity contribution in [3.63, 3.8) is 0 Å². The van der Waals surface area contributed by atoms with Crippen LogP contribution in [0.3, 0.4) is 0 Å². The van der Waals surface area contributed by atoms with Crippen LogP contribution in [-0.4, -0.2) is 54.7 Å². The molecule has 4 rings (SSSR count). The smallest absolute Gasteiger partial charge is 0.255 e. The second-order valence-electron chi connectivity index (χ2n) is 9.36. The second kappa shape index (κ2) is 12.5. The molecule has 0 bridgehead atoms. The topological polar surface area (TPSA) is 128 Å². The highest BCUT2D eigenvalue weighted by atomic mass is 16.5. The minimum Gasteiger partial charge on any atom is -0.487 e. The number of rotatable bonds is 13. The van der Waals surface area contributed by atoms with Crippen LogP contribution in [-0.2, 0) is 22.6 Å². The summed E-state index contributed by atoms with van der Waals surface area (Å²) in [5.74, 6) is 6.42. The van der Waals surface area contributed by atoms with E-state index in [0.29, 0.717) is 36.5 Å². The first-order valence-electron chi connectivity index (χ1n) is 12.8. The molecule has 0 radical (unpaired) electrons. The van der Waals surface area contributed by atoms with Crippen molar-refractivity contribution < 1.29 is 19.1 Å². The van der Waals surface area contributed by atoms with Crippen molar-refractivity contribution in [1.82, 2.24) is 14.8 Å². The first-order chi connectivity index (χ1) is 18.9. The number of ether oxygens (including phenoxy) is 2. The summed E-state index contributed by atoms with van der Waals surface area (Å²) in [7, 11) is 3.25. The van der Waals surface area contributed by atoms with Gasteiger partial charge in [-0.25, -0.2) is 5.84 Å². The zero-order valence-corrected chi connectivity index (χ0v) is 22.4. The van der Waals surface area contributed by atoms with Gasteiger partial charge in [-0.1, -0.05) is 12.1 Å². The number of nitrogens with one attached hydrogen (secondary N) is 1. The van der Waals surface area contributed by atoms with E-state index in [9.17, 15) is 9.59 Å². The maximum atomic E-state index is 13.2. The lowest BCUT2D eigenvalue weighted by Crippen LogP contribution is -2.46. The minimum absolute atomic E-state index is 0.0727. The van der Waals surface area contributed by atoms with Gasteiger partial charge in [0.1, 0.15) is 18.4 Å². The number of likely N-dealkylation sites (N-methyl/N-ethyl adjacent to an activating group) is 1. The summed E-state index contributed by atoms with van der Waals surface area (Å²) in [4.78, 5) is 27.3. The standard InChI is InChI=1S/C29H36N6O4/c1-4-5-8-26(28(36)32-2)34-18-24-23(29(34)37)7-6-9-27(24)39-19-21(30)17-35(31)22-10-11-25-20(16-22)12-13-33(25)14-15-38-3/h4,6-7,9-13,16-17,26H,1,5,8,14-15,18-19,30-31H2,2-3H3,(H,32,36)/b21-17-. The molecule has 10 nitrogen and oxygen atoms in total. The summed E-state index contributed by atoms with van der Waals surface area (Å²) in [6, 6.07) is 12.7. The van der Waals surface area contributed by atoms with Crippen molar-refractivity contribution in [2.75, 3.05) is 32.4 Å². The van der Waals surface area contributed by atoms with E-state index < -0.39 is 6.04 Å². The van der Waals surface area contributed by atoms with Crippen molar-refractivity contribution in [3.05, 3.63) is 84.3 Å². The maximum absolute atomic E-state index is 13.2. The van der Waals surface area contributed by atoms with Gasteiger partial charge in [-0.05, 0) is 49.2 Å². The predicted octanol–water partition coefficient (Wildman–Crippen LogP) is 2.88. The Balaban J connectivity index is 1.44. The number of aromatic nitrogens is 1. The average Bonchev–Trinajstić information content (AvgIpc) is 3.51. The van der Waals surface area contributed by atoms with Crippen LogP contribution in [0.5, 0.6) is 5.75 Å². The van der Waals surface area contributed by atoms with Gasteiger partial charge >= 0.3 is 0 Å². The van der Waals surface area contributed by atoms with E-state index in [1.165, 1.54) is 5.01 Å². The van der Waals surface area contributed by atoms with E-state index in [4.69, 9.17) is 21.1 Å². The van der Waals surface area contributed by atoms with Gasteiger partial charge in [0, 0.05) is 55.1 Å². The average molecular weight is 533 g/mol. The quantitative estimate of drug-likeness (QED) is 0.175. The number of carbonyl (C=O) groups is 2. The third-order valence-electron chi connectivity index (χ3n) is 6.81. The zero-order valence-electron chi connectivity index (χ0n) is 22.4. The van der Waals surface area contributed by atoms with E-state index in [2.05, 4.69) is 16.5 Å². The molecule has 1 atom stereocenters. The molecule has 1 unspecified atom stereocenters. The highest BCUT2D eigenvalue weighted by Crippen LogP contribution is 2.33. The Morgan fingerprint density at radius 1 is 1.28 bits per heavy atom. The van der Waals surface area contributed by atoms with Crippen LogP contribution in [0.4, 0.5) is 5.69 Å². The molecule has 0 saturated heterocycles. The normalized spacial score (nSPS) is 13.9. The summed E-state index contributed by atoms with van der Waals surface area (Å²) in [6.07, 6.45) is 6.48. The highest BCUT2D eigenvalue weighted by molar-refractivity contribution is 6.01. The van der Waals surface area contributed by atoms with Crippen molar-refractivity contribution in [2.45, 2.75) is 32.0 Å². The van der Waals surface area contributed by atoms with E-state index in [1.807, 2.05) is 30.5 Å². The third-order valence-corrected chi connectivity index (χ3v) is 6.81. The molecule has 0 fully saturated rings. The number of nitrogens with two attached hydrogens (primary N) is 2. The molecule has 1 aliphatic rings. The second-order valence-corrected chi connectivity index (χ2v) is 9.36. The zero-order chi connectivity index (χ0) is 27.9. The van der Waals surface area contributed by atoms with Gasteiger partial charge in [0.05, 0.1) is 24.5 Å². The van der Waals surface area contributed by atoms with Crippen LogP contribution in [0.2, 0.25) is 0 Å². The van der Waals surface area contributed by atoms with Crippen LogP contribution in [0, 0.1) is 0 Å². The van der Waals surface area contributed by atoms with Crippen LogP contribution >= 0.6 is 0 Å². The molecular weight excluding hydrogens is 496 g/mol. The van der Waals surface area contributed by atoms with Gasteiger partial charge in [0.15, 0.2) is 0 Å². The maximum Gasteiger partial charge on any atom is 0.255 e. The van der Waals surface area contributed by atoms with E-state index in [1.54, 1.807) is 49.5 Å². The Kier molecular flexibility index (Phi) is 8.90. The van der Waals surface area contributed by atoms with Crippen molar-refractivity contribution in [2.24, 2.45) is 11.6 Å². The number of hydrazine groups is 1. The SMILES string of the molecule is C=CCCC(C(=O)NC)N1Cc2c(OC/C(N)=C/N(N)c3ccc4c(ccn4CCOC)c3)cccc2C1=O. The molecule has 3 aromatic rings. The Hall–Kier alpha value is -4.28. The number of anilines is 1. The number of fused-ring (bicyclic) bond motifs is 2. The molecule has 39 heavy (non-hydrogen) atoms. The van der Waals surface area contributed by atoms with Crippen molar-refractivity contribution in [3.8, 4) is 5.75 Å². The number of amides is 2. The molecule has 0 aliphatic carbocycles. The van der Waals surface area contributed by atoms with Gasteiger partial charge in [0.25, 0.3) is 5.91 Å². The van der Waals surface area contributed by atoms with Crippen LogP contribution in [0.15, 0.2) is 73.2 Å². The van der Waals surface area contributed by atoms with Crippen LogP contribution in [0.1, 0.15) is 28.8 Å². The summed E-state index contributed by atoms with van der Waals surface area (Å²) in [5, 5.41) is 5.17. The molecule has 2 heterocycles. The highest BCUT2D eigenvalue weighted by Gasteiger charge is 2.37. The van der Waals surface area contributed by atoms with Gasteiger partial charge in [-0.15, -0.1) is 6.58 Å². The molecule has 1 aromatic heterocycles. The molecular formula is C29H36N6O4. The first kappa shape index (κ1) is 27.7. The number of hydrogen-bond acceptors (Lipinski definition) is 7. The summed E-state index contributed by atoms with van der Waals surface area (Å²) in [6.45, 7) is 5.48. The van der Waals surface area contributed by atoms with Gasteiger partial charge in [0.2, 0.25) is 5.91 Å². The van der Waals surface area contributed by atoms with E-state index >= 15 is 0 Å². The Labute approximate surface area is 228 Å². The van der Waals surface area contributed by atoms with Gasteiger partial charge in [-0.2, -0.15) is 0 Å². The van der Waals surface area contributed by atoms with Gasteiger partial charge < -0.3 is 30.0 Å². The molecule has 10 heteroatoms. The predicted molar refractivity (Wildman–Crippen MR) is 152 cm³/mol. The fraction of sp³-hybridized carbons (Fsp3) is 0.310. The Morgan fingerprint density at radius 2 is 2.10 bits per heavy atom. The number of carbonyl (C=O) groups excluding carboxylic acids is 2. The number of hydrogen-bond donors (Lipinski definition) is 3. The largest absolute Gasteiger partial charge is 0.487 e. The number of methoxy groups -OCH3 is 1. The summed E-state index contributed by atoms with van der Waals surface area (Å²) >= 11 is 0. The Bertz CT molecular complexity index is 1380. The third kappa shape index (κ3) is 6.08. The number of nitrogens with zero attached hydrogens (tertiary/aromatic N) is 3. The molecule has 206 valence electrons. The van der Waals surface area contributed by atoms with Crippen molar-refractivity contribution in [1.29, 1.82) is 0 Å². The van der Waals surface area contributed by atoms with Crippen molar-refractivity contribution >= 4 is 28.4 Å². The Morgan fingerprint density at radius 3 is 2.85 bits per heavy atom.